The van der Waals surface area contributed by atoms with Crippen LogP contribution in [0.3, 0.4) is 0 Å². The number of hydrogen-bond donors (Lipinski definition) is 1. The number of amides is 1. The van der Waals surface area contributed by atoms with Gasteiger partial charge in [0.05, 0.1) is 18.0 Å². The second kappa shape index (κ2) is 4.78. The van der Waals surface area contributed by atoms with Crippen LogP contribution >= 0.6 is 0 Å². The van der Waals surface area contributed by atoms with Crippen LogP contribution in [-0.4, -0.2) is 24.1 Å². The number of aromatic nitrogens is 2. The fraction of sp³-hybridized carbons (Fsp3) is 0.333. The van der Waals surface area contributed by atoms with Crippen LogP contribution in [-0.2, 0) is 16.6 Å². The highest BCUT2D eigenvalue weighted by atomic mass is 32.2. The van der Waals surface area contributed by atoms with E-state index in [0.717, 1.165) is 12.8 Å². The van der Waals surface area contributed by atoms with Gasteiger partial charge in [-0.15, -0.1) is 0 Å². The van der Waals surface area contributed by atoms with Gasteiger partial charge < -0.3 is 4.42 Å². The molecule has 1 aliphatic rings. The smallest absolute Gasteiger partial charge is 0.268 e. The maximum absolute atomic E-state index is 12.0. The predicted molar refractivity (Wildman–Crippen MR) is 68.3 cm³/mol. The summed E-state index contributed by atoms with van der Waals surface area (Å²) in [5, 5.41) is 4.00. The minimum atomic E-state index is -3.90. The summed E-state index contributed by atoms with van der Waals surface area (Å²) in [7, 11) is -3.90. The molecule has 0 saturated heterocycles. The van der Waals surface area contributed by atoms with Crippen molar-refractivity contribution in [3.05, 3.63) is 36.5 Å². The normalized spacial score (nSPS) is 15.2. The molecule has 1 N–H and O–H groups in total. The van der Waals surface area contributed by atoms with Gasteiger partial charge in [0.25, 0.3) is 15.9 Å². The van der Waals surface area contributed by atoms with E-state index in [1.807, 2.05) is 4.72 Å². The van der Waals surface area contributed by atoms with E-state index in [0.29, 0.717) is 12.5 Å². The van der Waals surface area contributed by atoms with E-state index in [1.165, 1.54) is 31.0 Å². The molecular weight excluding hydrogens is 282 g/mol. The molecule has 0 radical (unpaired) electrons. The highest BCUT2D eigenvalue weighted by molar-refractivity contribution is 7.90. The molecule has 0 atom stereocenters. The lowest BCUT2D eigenvalue weighted by Crippen LogP contribution is -2.30. The number of carbonyl (C=O) groups is 1. The first kappa shape index (κ1) is 12.9. The molecule has 0 aromatic carbocycles. The topological polar surface area (TPSA) is 94.2 Å². The molecule has 0 bridgehead atoms. The van der Waals surface area contributed by atoms with Crippen molar-refractivity contribution in [2.75, 3.05) is 0 Å². The standard InChI is InChI=1S/C12H13N3O4S/c16-12(10-3-4-19-8-10)14-20(17,18)11-5-13-15(7-11)6-9-1-2-9/h3-5,7-9H,1-2,6H2,(H,14,16). The van der Waals surface area contributed by atoms with Gasteiger partial charge in [-0.3, -0.25) is 9.48 Å². The van der Waals surface area contributed by atoms with Gasteiger partial charge in [0.15, 0.2) is 0 Å². The van der Waals surface area contributed by atoms with Crippen molar-refractivity contribution in [2.24, 2.45) is 5.92 Å². The molecule has 1 amide bonds. The maximum atomic E-state index is 12.0. The molecule has 7 nitrogen and oxygen atoms in total. The first-order valence-corrected chi connectivity index (χ1v) is 7.65. The van der Waals surface area contributed by atoms with Crippen LogP contribution in [0, 0.1) is 5.92 Å². The third-order valence-electron chi connectivity index (χ3n) is 3.07. The molecule has 1 fully saturated rings. The molecule has 1 aliphatic carbocycles. The average Bonchev–Trinajstić information content (AvgIpc) is 2.90. The molecule has 2 aromatic heterocycles. The van der Waals surface area contributed by atoms with Gasteiger partial charge in [0.2, 0.25) is 0 Å². The summed E-state index contributed by atoms with van der Waals surface area (Å²) in [6, 6.07) is 1.39. The van der Waals surface area contributed by atoms with Crippen LogP contribution in [0.5, 0.6) is 0 Å². The summed E-state index contributed by atoms with van der Waals surface area (Å²) < 4.78 is 32.4. The lowest BCUT2D eigenvalue weighted by atomic mass is 10.3. The minimum absolute atomic E-state index is 0.0185. The van der Waals surface area contributed by atoms with Crippen LogP contribution in [0.15, 0.2) is 40.3 Å². The average molecular weight is 295 g/mol. The Morgan fingerprint density at radius 2 is 2.30 bits per heavy atom. The van der Waals surface area contributed by atoms with Gasteiger partial charge in [0.1, 0.15) is 11.2 Å². The Balaban J connectivity index is 1.73. The molecule has 2 heterocycles. The molecule has 2 aromatic rings. The fourth-order valence-electron chi connectivity index (χ4n) is 1.78. The summed E-state index contributed by atoms with van der Waals surface area (Å²) in [6.07, 6.45) is 7.46. The number of sulfonamides is 1. The van der Waals surface area contributed by atoms with E-state index in [2.05, 4.69) is 5.10 Å². The molecule has 20 heavy (non-hydrogen) atoms. The van der Waals surface area contributed by atoms with Crippen molar-refractivity contribution in [2.45, 2.75) is 24.3 Å². The summed E-state index contributed by atoms with van der Waals surface area (Å²) in [5.41, 5.74) is 0.152. The van der Waals surface area contributed by atoms with Crippen molar-refractivity contribution in [3.8, 4) is 0 Å². The van der Waals surface area contributed by atoms with E-state index >= 15 is 0 Å². The van der Waals surface area contributed by atoms with Gasteiger partial charge in [-0.25, -0.2) is 13.1 Å². The Hall–Kier alpha value is -2.09. The fourth-order valence-corrected chi connectivity index (χ4v) is 2.71. The Morgan fingerprint density at radius 1 is 1.50 bits per heavy atom. The molecule has 0 unspecified atom stereocenters. The lowest BCUT2D eigenvalue weighted by molar-refractivity contribution is 0.0981. The second-order valence-corrected chi connectivity index (χ2v) is 6.47. The van der Waals surface area contributed by atoms with Crippen LogP contribution in [0.1, 0.15) is 23.2 Å². The highest BCUT2D eigenvalue weighted by Crippen LogP contribution is 2.30. The molecule has 8 heteroatoms. The van der Waals surface area contributed by atoms with Gasteiger partial charge in [-0.2, -0.15) is 5.10 Å². The summed E-state index contributed by atoms with van der Waals surface area (Å²) in [4.78, 5) is 11.7. The third kappa shape index (κ3) is 2.74. The molecule has 0 aliphatic heterocycles. The first-order chi connectivity index (χ1) is 9.54. The molecule has 3 rings (SSSR count). The maximum Gasteiger partial charge on any atom is 0.268 e. The van der Waals surface area contributed by atoms with Crippen LogP contribution in [0.25, 0.3) is 0 Å². The Morgan fingerprint density at radius 3 is 2.95 bits per heavy atom. The van der Waals surface area contributed by atoms with Gasteiger partial charge in [0, 0.05) is 12.7 Å². The SMILES string of the molecule is O=C(NS(=O)(=O)c1cnn(CC2CC2)c1)c1ccoc1. The minimum Gasteiger partial charge on any atom is -0.472 e. The van der Waals surface area contributed by atoms with E-state index in [-0.39, 0.29) is 10.5 Å². The van der Waals surface area contributed by atoms with Gasteiger partial charge >= 0.3 is 0 Å². The molecule has 1 saturated carbocycles. The zero-order chi connectivity index (χ0) is 14.2. The van der Waals surface area contributed by atoms with Crippen LogP contribution in [0.4, 0.5) is 0 Å². The van der Waals surface area contributed by atoms with Crippen molar-refractivity contribution in [3.63, 3.8) is 0 Å². The zero-order valence-corrected chi connectivity index (χ0v) is 11.3. The number of furan rings is 1. The summed E-state index contributed by atoms with van der Waals surface area (Å²) >= 11 is 0. The summed E-state index contributed by atoms with van der Waals surface area (Å²) in [6.45, 7) is 0.713. The number of nitrogens with one attached hydrogen (secondary N) is 1. The number of hydrogen-bond acceptors (Lipinski definition) is 5. The quantitative estimate of drug-likeness (QED) is 0.888. The third-order valence-corrected chi connectivity index (χ3v) is 4.36. The van der Waals surface area contributed by atoms with Crippen molar-refractivity contribution < 1.29 is 17.6 Å². The molecule has 106 valence electrons. The van der Waals surface area contributed by atoms with E-state index in [9.17, 15) is 13.2 Å². The largest absolute Gasteiger partial charge is 0.472 e. The highest BCUT2D eigenvalue weighted by Gasteiger charge is 2.24. The van der Waals surface area contributed by atoms with Crippen molar-refractivity contribution in [1.82, 2.24) is 14.5 Å². The van der Waals surface area contributed by atoms with Gasteiger partial charge in [-0.1, -0.05) is 0 Å². The van der Waals surface area contributed by atoms with Crippen molar-refractivity contribution >= 4 is 15.9 Å². The number of carbonyl (C=O) groups excluding carboxylic acids is 1. The zero-order valence-electron chi connectivity index (χ0n) is 10.5. The number of nitrogens with zero attached hydrogens (tertiary/aromatic N) is 2. The Labute approximate surface area is 115 Å². The van der Waals surface area contributed by atoms with E-state index < -0.39 is 15.9 Å². The predicted octanol–water partition coefficient (Wildman–Crippen LogP) is 1.00. The molecular formula is C12H13N3O4S. The number of rotatable bonds is 5. The Bertz CT molecular complexity index is 714. The monoisotopic (exact) mass is 295 g/mol. The van der Waals surface area contributed by atoms with E-state index in [1.54, 1.807) is 4.68 Å². The molecule has 0 spiro atoms. The van der Waals surface area contributed by atoms with E-state index in [4.69, 9.17) is 4.42 Å². The van der Waals surface area contributed by atoms with Gasteiger partial charge in [-0.05, 0) is 24.8 Å². The summed E-state index contributed by atoms with van der Waals surface area (Å²) in [5.74, 6) is -0.139. The second-order valence-electron chi connectivity index (χ2n) is 4.79. The van der Waals surface area contributed by atoms with Crippen LogP contribution in [0.2, 0.25) is 0 Å². The van der Waals surface area contributed by atoms with Crippen LogP contribution < -0.4 is 4.72 Å². The van der Waals surface area contributed by atoms with Crippen molar-refractivity contribution in [1.29, 1.82) is 0 Å². The Kier molecular flexibility index (Phi) is 3.09. The first-order valence-electron chi connectivity index (χ1n) is 6.16. The lowest BCUT2D eigenvalue weighted by Gasteiger charge is -2.02.